The zero-order valence-electron chi connectivity index (χ0n) is 13.3. The minimum atomic E-state index is -0.605. The van der Waals surface area contributed by atoms with Crippen LogP contribution in [0.15, 0.2) is 48.5 Å². The van der Waals surface area contributed by atoms with Crippen LogP contribution in [0.2, 0.25) is 5.02 Å². The van der Waals surface area contributed by atoms with Gasteiger partial charge in [-0.05, 0) is 30.7 Å². The molecular weight excluding hydrogens is 330 g/mol. The molecule has 0 radical (unpaired) electrons. The predicted octanol–water partition coefficient (Wildman–Crippen LogP) is 3.21. The SMILES string of the molecule is CCOc1ccccc1C(=O)OCC(=O)NCc1ccccc1Cl. The van der Waals surface area contributed by atoms with Crippen molar-refractivity contribution in [1.82, 2.24) is 5.32 Å². The molecule has 126 valence electrons. The predicted molar refractivity (Wildman–Crippen MR) is 91.2 cm³/mol. The van der Waals surface area contributed by atoms with E-state index in [0.29, 0.717) is 22.9 Å². The van der Waals surface area contributed by atoms with Crippen molar-refractivity contribution in [2.75, 3.05) is 13.2 Å². The van der Waals surface area contributed by atoms with Gasteiger partial charge in [-0.3, -0.25) is 4.79 Å². The van der Waals surface area contributed by atoms with Gasteiger partial charge < -0.3 is 14.8 Å². The number of hydrogen-bond acceptors (Lipinski definition) is 4. The van der Waals surface area contributed by atoms with Crippen LogP contribution in [-0.2, 0) is 16.1 Å². The monoisotopic (exact) mass is 347 g/mol. The van der Waals surface area contributed by atoms with E-state index in [-0.39, 0.29) is 13.2 Å². The smallest absolute Gasteiger partial charge is 0.342 e. The number of para-hydroxylation sites is 1. The second-order valence-corrected chi connectivity index (χ2v) is 5.28. The van der Waals surface area contributed by atoms with Crippen LogP contribution in [0.3, 0.4) is 0 Å². The first-order valence-electron chi connectivity index (χ1n) is 7.51. The van der Waals surface area contributed by atoms with Gasteiger partial charge in [0.15, 0.2) is 6.61 Å². The van der Waals surface area contributed by atoms with Gasteiger partial charge in [0.05, 0.1) is 6.61 Å². The molecule has 0 aliphatic heterocycles. The van der Waals surface area contributed by atoms with E-state index in [1.54, 1.807) is 30.3 Å². The molecule has 2 rings (SSSR count). The molecule has 2 aromatic carbocycles. The maximum atomic E-state index is 12.1. The van der Waals surface area contributed by atoms with E-state index < -0.39 is 11.9 Å². The summed E-state index contributed by atoms with van der Waals surface area (Å²) in [7, 11) is 0. The number of halogens is 1. The lowest BCUT2D eigenvalue weighted by Gasteiger charge is -2.10. The minimum Gasteiger partial charge on any atom is -0.493 e. The van der Waals surface area contributed by atoms with Crippen molar-refractivity contribution in [2.45, 2.75) is 13.5 Å². The van der Waals surface area contributed by atoms with E-state index in [2.05, 4.69) is 5.32 Å². The zero-order valence-corrected chi connectivity index (χ0v) is 14.0. The minimum absolute atomic E-state index is 0.269. The standard InChI is InChI=1S/C18H18ClNO4/c1-2-23-16-10-6-4-8-14(16)18(22)24-12-17(21)20-11-13-7-3-5-9-15(13)19/h3-10H,2,11-12H2,1H3,(H,20,21). The summed E-state index contributed by atoms with van der Waals surface area (Å²) in [5.41, 5.74) is 1.08. The Balaban J connectivity index is 1.85. The third kappa shape index (κ3) is 4.99. The fourth-order valence-electron chi connectivity index (χ4n) is 2.01. The van der Waals surface area contributed by atoms with Crippen LogP contribution in [0.25, 0.3) is 0 Å². The summed E-state index contributed by atoms with van der Waals surface area (Å²) in [6.45, 7) is 2.15. The molecule has 24 heavy (non-hydrogen) atoms. The van der Waals surface area contributed by atoms with Gasteiger partial charge in [-0.1, -0.05) is 41.9 Å². The molecule has 0 fully saturated rings. The molecule has 0 aliphatic rings. The molecule has 0 bridgehead atoms. The molecule has 0 unspecified atom stereocenters. The Morgan fingerprint density at radius 1 is 1.08 bits per heavy atom. The Kier molecular flexibility index (Phi) is 6.63. The quantitative estimate of drug-likeness (QED) is 0.781. The van der Waals surface area contributed by atoms with Gasteiger partial charge in [-0.15, -0.1) is 0 Å². The van der Waals surface area contributed by atoms with Gasteiger partial charge in [0.2, 0.25) is 0 Å². The van der Waals surface area contributed by atoms with Crippen LogP contribution in [0.1, 0.15) is 22.8 Å². The molecule has 1 N–H and O–H groups in total. The molecule has 0 aliphatic carbocycles. The molecule has 0 saturated carbocycles. The third-order valence-electron chi connectivity index (χ3n) is 3.18. The van der Waals surface area contributed by atoms with Crippen molar-refractivity contribution in [3.05, 3.63) is 64.7 Å². The van der Waals surface area contributed by atoms with Crippen LogP contribution >= 0.6 is 11.6 Å². The van der Waals surface area contributed by atoms with Crippen molar-refractivity contribution in [1.29, 1.82) is 0 Å². The Hall–Kier alpha value is -2.53. The molecular formula is C18H18ClNO4. The van der Waals surface area contributed by atoms with Gasteiger partial charge >= 0.3 is 5.97 Å². The number of esters is 1. The number of carbonyl (C=O) groups is 2. The lowest BCUT2D eigenvalue weighted by Crippen LogP contribution is -2.28. The number of nitrogens with one attached hydrogen (secondary N) is 1. The van der Waals surface area contributed by atoms with Crippen molar-refractivity contribution in [3.63, 3.8) is 0 Å². The van der Waals surface area contributed by atoms with Gasteiger partial charge in [-0.2, -0.15) is 0 Å². The molecule has 0 spiro atoms. The zero-order chi connectivity index (χ0) is 17.4. The molecule has 2 aromatic rings. The summed E-state index contributed by atoms with van der Waals surface area (Å²) in [6, 6.07) is 13.9. The number of hydrogen-bond donors (Lipinski definition) is 1. The lowest BCUT2D eigenvalue weighted by molar-refractivity contribution is -0.124. The highest BCUT2D eigenvalue weighted by Crippen LogP contribution is 2.19. The van der Waals surface area contributed by atoms with E-state index in [1.807, 2.05) is 25.1 Å². The normalized spacial score (nSPS) is 10.1. The maximum absolute atomic E-state index is 12.1. The Morgan fingerprint density at radius 2 is 1.79 bits per heavy atom. The van der Waals surface area contributed by atoms with Crippen LogP contribution < -0.4 is 10.1 Å². The Morgan fingerprint density at radius 3 is 2.54 bits per heavy atom. The van der Waals surface area contributed by atoms with Crippen molar-refractivity contribution in [3.8, 4) is 5.75 Å². The Bertz CT molecular complexity index is 718. The molecule has 5 nitrogen and oxygen atoms in total. The number of ether oxygens (including phenoxy) is 2. The summed E-state index contributed by atoms with van der Waals surface area (Å²) in [6.07, 6.45) is 0. The second-order valence-electron chi connectivity index (χ2n) is 4.87. The first kappa shape index (κ1) is 17.8. The Labute approximate surface area is 145 Å². The average Bonchev–Trinajstić information content (AvgIpc) is 2.60. The lowest BCUT2D eigenvalue weighted by atomic mass is 10.2. The summed E-state index contributed by atoms with van der Waals surface area (Å²) in [4.78, 5) is 23.9. The first-order chi connectivity index (χ1) is 11.6. The molecule has 0 heterocycles. The number of carbonyl (C=O) groups excluding carboxylic acids is 2. The van der Waals surface area contributed by atoms with Crippen molar-refractivity contribution < 1.29 is 19.1 Å². The van der Waals surface area contributed by atoms with Gasteiger partial charge in [0.25, 0.3) is 5.91 Å². The molecule has 0 saturated heterocycles. The second kappa shape index (κ2) is 8.93. The molecule has 0 aromatic heterocycles. The topological polar surface area (TPSA) is 64.6 Å². The maximum Gasteiger partial charge on any atom is 0.342 e. The summed E-state index contributed by atoms with van der Waals surface area (Å²) in [5.74, 6) is -0.578. The van der Waals surface area contributed by atoms with Gasteiger partial charge in [-0.25, -0.2) is 4.79 Å². The van der Waals surface area contributed by atoms with E-state index in [1.165, 1.54) is 0 Å². The van der Waals surface area contributed by atoms with Crippen LogP contribution in [0.5, 0.6) is 5.75 Å². The van der Waals surface area contributed by atoms with Crippen LogP contribution in [0, 0.1) is 0 Å². The van der Waals surface area contributed by atoms with E-state index in [9.17, 15) is 9.59 Å². The summed E-state index contributed by atoms with van der Waals surface area (Å²) in [5, 5.41) is 3.22. The molecule has 6 heteroatoms. The summed E-state index contributed by atoms with van der Waals surface area (Å²) < 4.78 is 10.4. The number of benzene rings is 2. The fraction of sp³-hybridized carbons (Fsp3) is 0.222. The van der Waals surface area contributed by atoms with Crippen molar-refractivity contribution >= 4 is 23.5 Å². The largest absolute Gasteiger partial charge is 0.493 e. The fourth-order valence-corrected chi connectivity index (χ4v) is 2.21. The third-order valence-corrected chi connectivity index (χ3v) is 3.54. The molecule has 1 amide bonds. The van der Waals surface area contributed by atoms with Gasteiger partial charge in [0.1, 0.15) is 11.3 Å². The van der Waals surface area contributed by atoms with E-state index in [4.69, 9.17) is 21.1 Å². The highest BCUT2D eigenvalue weighted by Gasteiger charge is 2.15. The van der Waals surface area contributed by atoms with Crippen LogP contribution in [-0.4, -0.2) is 25.1 Å². The van der Waals surface area contributed by atoms with Crippen molar-refractivity contribution in [2.24, 2.45) is 0 Å². The number of rotatable bonds is 7. The van der Waals surface area contributed by atoms with Crippen LogP contribution in [0.4, 0.5) is 0 Å². The molecule has 0 atom stereocenters. The number of amides is 1. The average molecular weight is 348 g/mol. The highest BCUT2D eigenvalue weighted by molar-refractivity contribution is 6.31. The first-order valence-corrected chi connectivity index (χ1v) is 7.88. The van der Waals surface area contributed by atoms with Gasteiger partial charge in [0, 0.05) is 11.6 Å². The van der Waals surface area contributed by atoms with E-state index in [0.717, 1.165) is 5.56 Å². The summed E-state index contributed by atoms with van der Waals surface area (Å²) >= 11 is 6.01. The van der Waals surface area contributed by atoms with E-state index >= 15 is 0 Å². The highest BCUT2D eigenvalue weighted by atomic mass is 35.5.